The van der Waals surface area contributed by atoms with Crippen LogP contribution in [0.1, 0.15) is 24.8 Å². The lowest BCUT2D eigenvalue weighted by atomic mass is 9.75. The van der Waals surface area contributed by atoms with Crippen LogP contribution >= 0.6 is 0 Å². The van der Waals surface area contributed by atoms with E-state index in [9.17, 15) is 0 Å². The molecule has 4 nitrogen and oxygen atoms in total. The highest BCUT2D eigenvalue weighted by Crippen LogP contribution is 2.37. The Kier molecular flexibility index (Phi) is 3.53. The van der Waals surface area contributed by atoms with Crippen molar-refractivity contribution in [2.75, 3.05) is 32.6 Å². The van der Waals surface area contributed by atoms with Crippen molar-refractivity contribution in [3.8, 4) is 6.07 Å². The molecule has 96 valence electrons. The summed E-state index contributed by atoms with van der Waals surface area (Å²) in [5.74, 6) is 0.933. The van der Waals surface area contributed by atoms with Gasteiger partial charge in [0.1, 0.15) is 11.9 Å². The van der Waals surface area contributed by atoms with E-state index in [-0.39, 0.29) is 0 Å². The lowest BCUT2D eigenvalue weighted by Crippen LogP contribution is -2.56. The molecule has 1 fully saturated rings. The Labute approximate surface area is 109 Å². The van der Waals surface area contributed by atoms with Crippen LogP contribution < -0.4 is 4.90 Å². The van der Waals surface area contributed by atoms with Crippen LogP contribution in [-0.2, 0) is 0 Å². The topological polar surface area (TPSA) is 43.2 Å². The van der Waals surface area contributed by atoms with E-state index in [2.05, 4.69) is 42.0 Å². The molecule has 1 saturated carbocycles. The van der Waals surface area contributed by atoms with Gasteiger partial charge in [-0.25, -0.2) is 4.98 Å². The SMILES string of the molecule is CN(CC1(N(C)C)CCC1)c1ccc(C#N)cn1. The van der Waals surface area contributed by atoms with Crippen molar-refractivity contribution in [1.82, 2.24) is 9.88 Å². The van der Waals surface area contributed by atoms with Gasteiger partial charge in [0.25, 0.3) is 0 Å². The van der Waals surface area contributed by atoms with E-state index in [0.29, 0.717) is 11.1 Å². The zero-order valence-electron chi connectivity index (χ0n) is 11.3. The van der Waals surface area contributed by atoms with Gasteiger partial charge in [-0.3, -0.25) is 0 Å². The van der Waals surface area contributed by atoms with Crippen LogP contribution in [0.15, 0.2) is 18.3 Å². The summed E-state index contributed by atoms with van der Waals surface area (Å²) in [6.45, 7) is 0.985. The number of nitriles is 1. The number of hydrogen-bond donors (Lipinski definition) is 0. The van der Waals surface area contributed by atoms with Crippen molar-refractivity contribution in [2.45, 2.75) is 24.8 Å². The highest BCUT2D eigenvalue weighted by atomic mass is 15.2. The molecule has 1 aliphatic carbocycles. The molecule has 0 aliphatic heterocycles. The molecule has 0 bridgehead atoms. The minimum atomic E-state index is 0.296. The Balaban J connectivity index is 2.07. The van der Waals surface area contributed by atoms with E-state index in [1.807, 2.05) is 12.1 Å². The molecule has 0 N–H and O–H groups in total. The predicted octanol–water partition coefficient (Wildman–Crippen LogP) is 1.87. The van der Waals surface area contributed by atoms with Crippen molar-refractivity contribution >= 4 is 5.82 Å². The van der Waals surface area contributed by atoms with Gasteiger partial charge in [-0.1, -0.05) is 0 Å². The van der Waals surface area contributed by atoms with E-state index in [4.69, 9.17) is 5.26 Å². The van der Waals surface area contributed by atoms with E-state index in [0.717, 1.165) is 12.4 Å². The molecule has 0 spiro atoms. The lowest BCUT2D eigenvalue weighted by Gasteiger charge is -2.49. The molecule has 1 heterocycles. The molecule has 0 radical (unpaired) electrons. The molecule has 18 heavy (non-hydrogen) atoms. The summed E-state index contributed by atoms with van der Waals surface area (Å²) in [6.07, 6.45) is 5.45. The predicted molar refractivity (Wildman–Crippen MR) is 72.5 cm³/mol. The number of aromatic nitrogens is 1. The van der Waals surface area contributed by atoms with Gasteiger partial charge in [-0.05, 0) is 45.5 Å². The van der Waals surface area contributed by atoms with Crippen molar-refractivity contribution < 1.29 is 0 Å². The third kappa shape index (κ3) is 2.32. The number of nitrogens with zero attached hydrogens (tertiary/aromatic N) is 4. The first-order valence-electron chi connectivity index (χ1n) is 6.32. The van der Waals surface area contributed by atoms with Crippen molar-refractivity contribution in [2.24, 2.45) is 0 Å². The Morgan fingerprint density at radius 3 is 2.44 bits per heavy atom. The molecule has 0 atom stereocenters. The van der Waals surface area contributed by atoms with E-state index in [1.54, 1.807) is 6.20 Å². The van der Waals surface area contributed by atoms with Crippen LogP contribution in [0.25, 0.3) is 0 Å². The Morgan fingerprint density at radius 1 is 1.33 bits per heavy atom. The number of pyridine rings is 1. The maximum Gasteiger partial charge on any atom is 0.128 e. The first-order valence-corrected chi connectivity index (χ1v) is 6.32. The summed E-state index contributed by atoms with van der Waals surface area (Å²) in [6, 6.07) is 5.83. The van der Waals surface area contributed by atoms with E-state index in [1.165, 1.54) is 19.3 Å². The fourth-order valence-corrected chi connectivity index (χ4v) is 2.53. The fraction of sp³-hybridized carbons (Fsp3) is 0.571. The number of anilines is 1. The van der Waals surface area contributed by atoms with Gasteiger partial charge in [-0.15, -0.1) is 0 Å². The molecular weight excluding hydrogens is 224 g/mol. The summed E-state index contributed by atoms with van der Waals surface area (Å²) in [7, 11) is 6.37. The Hall–Kier alpha value is -1.60. The standard InChI is InChI=1S/C14H20N4/c1-17(2)14(7-4-8-14)11-18(3)13-6-5-12(9-15)10-16-13/h5-6,10H,4,7-8,11H2,1-3H3. The molecule has 1 aromatic rings. The molecular formula is C14H20N4. The molecule has 0 unspecified atom stereocenters. The van der Waals surface area contributed by atoms with E-state index >= 15 is 0 Å². The van der Waals surface area contributed by atoms with Crippen LogP contribution in [0.3, 0.4) is 0 Å². The molecule has 0 amide bonds. The van der Waals surface area contributed by atoms with Crippen molar-refractivity contribution in [3.05, 3.63) is 23.9 Å². The fourth-order valence-electron chi connectivity index (χ4n) is 2.53. The van der Waals surface area contributed by atoms with Crippen LogP contribution in [0, 0.1) is 11.3 Å². The van der Waals surface area contributed by atoms with Crippen molar-refractivity contribution in [1.29, 1.82) is 5.26 Å². The lowest BCUT2D eigenvalue weighted by molar-refractivity contribution is 0.0682. The van der Waals surface area contributed by atoms with Crippen molar-refractivity contribution in [3.63, 3.8) is 0 Å². The summed E-state index contributed by atoms with van der Waals surface area (Å²) in [5, 5.41) is 8.76. The average Bonchev–Trinajstić information content (AvgIpc) is 2.33. The first-order chi connectivity index (χ1) is 8.57. The molecule has 1 aliphatic rings. The summed E-state index contributed by atoms with van der Waals surface area (Å²) < 4.78 is 0. The largest absolute Gasteiger partial charge is 0.358 e. The second-order valence-corrected chi connectivity index (χ2v) is 5.35. The Morgan fingerprint density at radius 2 is 2.06 bits per heavy atom. The quantitative estimate of drug-likeness (QED) is 0.811. The maximum absolute atomic E-state index is 8.76. The molecule has 1 aromatic heterocycles. The Bertz CT molecular complexity index is 440. The van der Waals surface area contributed by atoms with Crippen LogP contribution in [-0.4, -0.2) is 43.1 Å². The van der Waals surface area contributed by atoms with Crippen LogP contribution in [0.2, 0.25) is 0 Å². The van der Waals surface area contributed by atoms with Gasteiger partial charge in [0, 0.05) is 25.3 Å². The molecule has 2 rings (SSSR count). The highest BCUT2D eigenvalue weighted by Gasteiger charge is 2.40. The van der Waals surface area contributed by atoms with Gasteiger partial charge in [0.2, 0.25) is 0 Å². The summed E-state index contributed by atoms with van der Waals surface area (Å²) in [4.78, 5) is 8.85. The zero-order valence-corrected chi connectivity index (χ0v) is 11.3. The third-order valence-electron chi connectivity index (χ3n) is 4.03. The summed E-state index contributed by atoms with van der Waals surface area (Å²) >= 11 is 0. The number of likely N-dealkylation sites (N-methyl/N-ethyl adjacent to an activating group) is 2. The normalized spacial score (nSPS) is 17.1. The average molecular weight is 244 g/mol. The van der Waals surface area contributed by atoms with Gasteiger partial charge >= 0.3 is 0 Å². The van der Waals surface area contributed by atoms with E-state index < -0.39 is 0 Å². The highest BCUT2D eigenvalue weighted by molar-refractivity contribution is 5.41. The van der Waals surface area contributed by atoms with Crippen LogP contribution in [0.4, 0.5) is 5.82 Å². The molecule has 0 saturated heterocycles. The van der Waals surface area contributed by atoms with Gasteiger partial charge in [-0.2, -0.15) is 5.26 Å². The van der Waals surface area contributed by atoms with Gasteiger partial charge < -0.3 is 9.80 Å². The van der Waals surface area contributed by atoms with Gasteiger partial charge in [0.15, 0.2) is 0 Å². The smallest absolute Gasteiger partial charge is 0.128 e. The first kappa shape index (κ1) is 12.8. The second kappa shape index (κ2) is 4.95. The third-order valence-corrected chi connectivity index (χ3v) is 4.03. The van der Waals surface area contributed by atoms with Crippen LogP contribution in [0.5, 0.6) is 0 Å². The minimum absolute atomic E-state index is 0.296. The minimum Gasteiger partial charge on any atom is -0.358 e. The second-order valence-electron chi connectivity index (χ2n) is 5.35. The zero-order chi connectivity index (χ0) is 13.2. The number of rotatable bonds is 4. The molecule has 0 aromatic carbocycles. The van der Waals surface area contributed by atoms with Gasteiger partial charge in [0.05, 0.1) is 5.56 Å². The number of hydrogen-bond acceptors (Lipinski definition) is 4. The molecule has 4 heteroatoms. The summed E-state index contributed by atoms with van der Waals surface area (Å²) in [5.41, 5.74) is 0.905. The monoisotopic (exact) mass is 244 g/mol. The maximum atomic E-state index is 8.76.